The molecule has 0 spiro atoms. The molecule has 108 valence electrons. The number of nitrogens with one attached hydrogen (secondary N) is 2. The zero-order valence-corrected chi connectivity index (χ0v) is 13.0. The van der Waals surface area contributed by atoms with Crippen molar-refractivity contribution in [3.63, 3.8) is 0 Å². The largest absolute Gasteiger partial charge is 0.359 e. The Morgan fingerprint density at radius 1 is 1.14 bits per heavy atom. The van der Waals surface area contributed by atoms with Crippen LogP contribution in [0.5, 0.6) is 0 Å². The predicted molar refractivity (Wildman–Crippen MR) is 86.7 cm³/mol. The highest BCUT2D eigenvalue weighted by atomic mass is 35.5. The summed E-state index contributed by atoms with van der Waals surface area (Å²) >= 11 is 5.06. The summed E-state index contributed by atoms with van der Waals surface area (Å²) in [6.07, 6.45) is 1.83. The van der Waals surface area contributed by atoms with Crippen LogP contribution in [0.15, 0.2) is 58.5 Å². The van der Waals surface area contributed by atoms with Crippen LogP contribution in [-0.2, 0) is 11.2 Å². The number of aromatic amines is 1. The van der Waals surface area contributed by atoms with Gasteiger partial charge in [0.2, 0.25) is 11.2 Å². The lowest BCUT2D eigenvalue weighted by Crippen LogP contribution is -1.89. The van der Waals surface area contributed by atoms with Gasteiger partial charge in [0.05, 0.1) is 21.1 Å². The summed E-state index contributed by atoms with van der Waals surface area (Å²) in [5.74, 6) is 0. The van der Waals surface area contributed by atoms with Gasteiger partial charge in [-0.1, -0.05) is 11.6 Å². The summed E-state index contributed by atoms with van der Waals surface area (Å²) in [6.45, 7) is 0. The number of hydrogen-bond acceptors (Lipinski definition) is 3. The van der Waals surface area contributed by atoms with Crippen molar-refractivity contribution >= 4 is 51.3 Å². The number of fused-ring (bicyclic) bond motifs is 1. The molecule has 3 nitrogen and oxygen atoms in total. The van der Waals surface area contributed by atoms with Gasteiger partial charge in [0, 0.05) is 16.5 Å². The van der Waals surface area contributed by atoms with Gasteiger partial charge in [-0.25, -0.2) is 4.21 Å². The maximum absolute atomic E-state index is 12.6. The molecular formula is C14H10ClFN2OS2. The van der Waals surface area contributed by atoms with Gasteiger partial charge in [0.15, 0.2) is 0 Å². The molecule has 0 bridgehead atoms. The molecule has 0 aliphatic rings. The summed E-state index contributed by atoms with van der Waals surface area (Å²) < 4.78 is 26.5. The fourth-order valence-corrected chi connectivity index (χ4v) is 3.18. The van der Waals surface area contributed by atoms with Crippen LogP contribution in [-0.4, -0.2) is 9.19 Å². The molecular weight excluding hydrogens is 331 g/mol. The van der Waals surface area contributed by atoms with Crippen LogP contribution >= 0.6 is 23.5 Å². The third-order valence-corrected chi connectivity index (χ3v) is 4.76. The van der Waals surface area contributed by atoms with E-state index in [0.29, 0.717) is 5.02 Å². The van der Waals surface area contributed by atoms with Crippen molar-refractivity contribution in [2.45, 2.75) is 9.79 Å². The highest BCUT2D eigenvalue weighted by Gasteiger charge is 2.06. The molecule has 2 aromatic carbocycles. The average Bonchev–Trinajstić information content (AvgIpc) is 2.97. The number of H-pyrrole nitrogens is 1. The molecule has 0 amide bonds. The lowest BCUT2D eigenvalue weighted by Gasteiger charge is -2.07. The second kappa shape index (κ2) is 6.09. The smallest absolute Gasteiger partial charge is 0.231 e. The lowest BCUT2D eigenvalue weighted by molar-refractivity contribution is 0.649. The average molecular weight is 341 g/mol. The van der Waals surface area contributed by atoms with Crippen LogP contribution < -0.4 is 4.72 Å². The minimum absolute atomic E-state index is 0.164. The Hall–Kier alpha value is -1.50. The third kappa shape index (κ3) is 3.07. The van der Waals surface area contributed by atoms with Crippen LogP contribution in [0, 0.1) is 0 Å². The Balaban J connectivity index is 1.79. The van der Waals surface area contributed by atoms with E-state index < -0.39 is 11.2 Å². The van der Waals surface area contributed by atoms with E-state index in [1.807, 2.05) is 24.4 Å². The Labute approximate surface area is 132 Å². The molecule has 0 radical (unpaired) electrons. The van der Waals surface area contributed by atoms with E-state index in [2.05, 4.69) is 9.71 Å². The highest BCUT2D eigenvalue weighted by molar-refractivity contribution is 8.00. The number of halogens is 2. The maximum atomic E-state index is 12.6. The third-order valence-electron chi connectivity index (χ3n) is 2.96. The van der Waals surface area contributed by atoms with E-state index in [-0.39, 0.29) is 4.90 Å². The van der Waals surface area contributed by atoms with Crippen LogP contribution in [0.2, 0.25) is 5.02 Å². The molecule has 2 N–H and O–H groups in total. The van der Waals surface area contributed by atoms with E-state index >= 15 is 0 Å². The van der Waals surface area contributed by atoms with Gasteiger partial charge in [0.25, 0.3) is 0 Å². The molecule has 0 aliphatic heterocycles. The molecule has 1 atom stereocenters. The van der Waals surface area contributed by atoms with Crippen molar-refractivity contribution in [2.75, 3.05) is 4.72 Å². The Bertz CT molecular complexity index is 804. The van der Waals surface area contributed by atoms with Crippen molar-refractivity contribution in [3.8, 4) is 0 Å². The fraction of sp³-hybridized carbons (Fsp3) is 0. The zero-order valence-electron chi connectivity index (χ0n) is 10.6. The van der Waals surface area contributed by atoms with Gasteiger partial charge in [0.1, 0.15) is 0 Å². The lowest BCUT2D eigenvalue weighted by atomic mass is 10.2. The van der Waals surface area contributed by atoms with Crippen molar-refractivity contribution in [1.82, 2.24) is 4.98 Å². The molecule has 0 fully saturated rings. The Kier molecular flexibility index (Phi) is 4.19. The molecule has 0 saturated heterocycles. The van der Waals surface area contributed by atoms with Crippen LogP contribution in [0.3, 0.4) is 0 Å². The van der Waals surface area contributed by atoms with Crippen molar-refractivity contribution in [2.24, 2.45) is 0 Å². The summed E-state index contributed by atoms with van der Waals surface area (Å²) in [5.41, 5.74) is 1.83. The van der Waals surface area contributed by atoms with Crippen molar-refractivity contribution < 1.29 is 8.09 Å². The minimum Gasteiger partial charge on any atom is -0.359 e. The number of aromatic nitrogens is 1. The first-order valence-corrected chi connectivity index (χ1v) is 8.26. The van der Waals surface area contributed by atoms with E-state index in [1.54, 1.807) is 12.1 Å². The molecule has 21 heavy (non-hydrogen) atoms. The molecule has 3 rings (SSSR count). The Morgan fingerprint density at radius 2 is 1.90 bits per heavy atom. The number of anilines is 1. The number of rotatable bonds is 4. The monoisotopic (exact) mass is 340 g/mol. The van der Waals surface area contributed by atoms with Gasteiger partial charge < -0.3 is 9.71 Å². The first-order valence-electron chi connectivity index (χ1n) is 6.02. The first-order chi connectivity index (χ1) is 10.1. The van der Waals surface area contributed by atoms with E-state index in [9.17, 15) is 8.09 Å². The van der Waals surface area contributed by atoms with Gasteiger partial charge >= 0.3 is 0 Å². The topological polar surface area (TPSA) is 44.9 Å². The van der Waals surface area contributed by atoms with Gasteiger partial charge in [-0.2, -0.15) is 0 Å². The highest BCUT2D eigenvalue weighted by Crippen LogP contribution is 2.31. The summed E-state index contributed by atoms with van der Waals surface area (Å²) in [6, 6.07) is 12.1. The standard InChI is InChI=1S/C14H10ClFN2OS2/c15-12-5-6-13(14-11(12)7-8-17-14)18-20-9-1-3-10(4-2-9)21(16)19/h1-8,17-18H. The van der Waals surface area contributed by atoms with Crippen molar-refractivity contribution in [3.05, 3.63) is 53.7 Å². The van der Waals surface area contributed by atoms with E-state index in [4.69, 9.17) is 11.6 Å². The molecule has 1 aromatic heterocycles. The van der Waals surface area contributed by atoms with Crippen LogP contribution in [0.4, 0.5) is 9.57 Å². The molecule has 1 heterocycles. The summed E-state index contributed by atoms with van der Waals surface area (Å²) in [4.78, 5) is 4.19. The zero-order chi connectivity index (χ0) is 14.8. The summed E-state index contributed by atoms with van der Waals surface area (Å²) in [5, 5.41) is 1.64. The molecule has 1 unspecified atom stereocenters. The van der Waals surface area contributed by atoms with Gasteiger partial charge in [-0.15, -0.1) is 3.89 Å². The molecule has 3 aromatic rings. The summed E-state index contributed by atoms with van der Waals surface area (Å²) in [7, 11) is 0. The normalized spacial score (nSPS) is 12.5. The SMILES string of the molecule is O=S(F)c1ccc(SNc2ccc(Cl)c3cc[nH]c23)cc1. The predicted octanol–water partition coefficient (Wildman–Crippen LogP) is 4.93. The quantitative estimate of drug-likeness (QED) is 0.522. The molecule has 7 heteroatoms. The Morgan fingerprint density at radius 3 is 2.62 bits per heavy atom. The second-order valence-corrected chi connectivity index (χ2v) is 6.47. The van der Waals surface area contributed by atoms with Crippen LogP contribution in [0.1, 0.15) is 0 Å². The van der Waals surface area contributed by atoms with Gasteiger partial charge in [-0.3, -0.25) is 0 Å². The van der Waals surface area contributed by atoms with E-state index in [0.717, 1.165) is 21.5 Å². The minimum atomic E-state index is -2.44. The fourth-order valence-electron chi connectivity index (χ4n) is 1.93. The number of benzene rings is 2. The van der Waals surface area contributed by atoms with Gasteiger partial charge in [-0.05, 0) is 54.4 Å². The van der Waals surface area contributed by atoms with E-state index in [1.165, 1.54) is 24.1 Å². The second-order valence-electron chi connectivity index (χ2n) is 4.26. The maximum Gasteiger partial charge on any atom is 0.231 e. The molecule has 0 saturated carbocycles. The number of hydrogen-bond donors (Lipinski definition) is 2. The molecule has 0 aliphatic carbocycles. The van der Waals surface area contributed by atoms with Crippen molar-refractivity contribution in [1.29, 1.82) is 0 Å². The van der Waals surface area contributed by atoms with Crippen LogP contribution in [0.25, 0.3) is 10.9 Å². The first kappa shape index (κ1) is 14.4.